The molecule has 1 aromatic heterocycles. The molecule has 0 amide bonds. The summed E-state index contributed by atoms with van der Waals surface area (Å²) in [6, 6.07) is 12.7. The number of carbonyl (C=O) groups excluding carboxylic acids is 1. The third kappa shape index (κ3) is 4.57. The molecule has 0 spiro atoms. The molecule has 160 valence electrons. The number of aliphatic hydroxyl groups is 1. The van der Waals surface area contributed by atoms with E-state index < -0.39 is 12.1 Å². The molecule has 1 aliphatic heterocycles. The summed E-state index contributed by atoms with van der Waals surface area (Å²) < 4.78 is 16.1. The van der Waals surface area contributed by atoms with Gasteiger partial charge in [-0.15, -0.1) is 0 Å². The molecule has 0 radical (unpaired) electrons. The number of carbonyl (C=O) groups is 1. The van der Waals surface area contributed by atoms with E-state index in [1.165, 1.54) is 7.11 Å². The summed E-state index contributed by atoms with van der Waals surface area (Å²) in [5, 5.41) is 10.7. The second-order valence-electron chi connectivity index (χ2n) is 8.10. The van der Waals surface area contributed by atoms with Crippen molar-refractivity contribution in [1.29, 1.82) is 0 Å². The van der Waals surface area contributed by atoms with Gasteiger partial charge in [0.2, 0.25) is 5.88 Å². The van der Waals surface area contributed by atoms with Crippen LogP contribution in [0.3, 0.4) is 0 Å². The van der Waals surface area contributed by atoms with Crippen molar-refractivity contribution < 1.29 is 24.1 Å². The number of nitrogens with zero attached hydrogens (tertiary/aromatic N) is 2. The number of esters is 1. The second-order valence-corrected chi connectivity index (χ2v) is 8.10. The van der Waals surface area contributed by atoms with Crippen molar-refractivity contribution in [2.45, 2.75) is 31.6 Å². The van der Waals surface area contributed by atoms with E-state index in [0.29, 0.717) is 35.4 Å². The second kappa shape index (κ2) is 9.02. The Labute approximate surface area is 176 Å². The normalized spacial score (nSPS) is 26.1. The van der Waals surface area contributed by atoms with E-state index in [1.54, 1.807) is 31.4 Å². The van der Waals surface area contributed by atoms with E-state index in [2.05, 4.69) is 9.88 Å². The number of rotatable bonds is 6. The number of aromatic nitrogens is 1. The van der Waals surface area contributed by atoms with E-state index in [-0.39, 0.29) is 6.10 Å². The van der Waals surface area contributed by atoms with Gasteiger partial charge in [-0.05, 0) is 48.9 Å². The van der Waals surface area contributed by atoms with Gasteiger partial charge >= 0.3 is 5.97 Å². The Morgan fingerprint density at radius 2 is 1.90 bits per heavy atom. The SMILES string of the molecule is COC(=O)c1cccc(O[C@@H]2C[C@@H]3CN(Cc4cccc(OC)n4)C[C@@H]3C[C@H]2O)c1. The Morgan fingerprint density at radius 3 is 2.67 bits per heavy atom. The molecule has 2 fully saturated rings. The summed E-state index contributed by atoms with van der Waals surface area (Å²) in [5.74, 6) is 1.72. The Morgan fingerprint density at radius 1 is 1.13 bits per heavy atom. The molecule has 1 saturated carbocycles. The van der Waals surface area contributed by atoms with Crippen LogP contribution < -0.4 is 9.47 Å². The van der Waals surface area contributed by atoms with Gasteiger partial charge in [0.05, 0.1) is 31.6 Å². The number of pyridine rings is 1. The fraction of sp³-hybridized carbons (Fsp3) is 0.478. The van der Waals surface area contributed by atoms with Crippen LogP contribution in [0.4, 0.5) is 0 Å². The van der Waals surface area contributed by atoms with Gasteiger partial charge < -0.3 is 19.3 Å². The number of hydrogen-bond acceptors (Lipinski definition) is 7. The average Bonchev–Trinajstić information content (AvgIpc) is 3.14. The molecule has 2 heterocycles. The van der Waals surface area contributed by atoms with Crippen LogP contribution in [0.2, 0.25) is 0 Å². The van der Waals surface area contributed by atoms with Gasteiger partial charge in [-0.2, -0.15) is 0 Å². The van der Waals surface area contributed by atoms with Gasteiger partial charge in [-0.3, -0.25) is 4.90 Å². The molecule has 30 heavy (non-hydrogen) atoms. The molecule has 1 aromatic carbocycles. The Bertz CT molecular complexity index is 889. The van der Waals surface area contributed by atoms with Gasteiger partial charge in [0.25, 0.3) is 0 Å². The van der Waals surface area contributed by atoms with E-state index in [4.69, 9.17) is 14.2 Å². The number of benzene rings is 1. The number of fused-ring (bicyclic) bond motifs is 1. The molecule has 2 aliphatic rings. The third-order valence-electron chi connectivity index (χ3n) is 6.08. The van der Waals surface area contributed by atoms with E-state index in [9.17, 15) is 9.90 Å². The van der Waals surface area contributed by atoms with Crippen LogP contribution in [0.25, 0.3) is 0 Å². The molecule has 7 heteroatoms. The van der Waals surface area contributed by atoms with Gasteiger partial charge in [0, 0.05) is 25.7 Å². The largest absolute Gasteiger partial charge is 0.488 e. The highest BCUT2D eigenvalue weighted by molar-refractivity contribution is 5.89. The Hall–Kier alpha value is -2.64. The lowest BCUT2D eigenvalue weighted by atomic mass is 9.78. The van der Waals surface area contributed by atoms with Crippen LogP contribution >= 0.6 is 0 Å². The van der Waals surface area contributed by atoms with E-state index in [1.807, 2.05) is 18.2 Å². The van der Waals surface area contributed by atoms with E-state index >= 15 is 0 Å². The fourth-order valence-electron chi connectivity index (χ4n) is 4.62. The Balaban J connectivity index is 1.38. The number of likely N-dealkylation sites (tertiary alicyclic amines) is 1. The van der Waals surface area contributed by atoms with Crippen LogP contribution in [0.1, 0.15) is 28.9 Å². The first-order chi connectivity index (χ1) is 14.6. The molecular weight excluding hydrogens is 384 g/mol. The fourth-order valence-corrected chi connectivity index (χ4v) is 4.62. The van der Waals surface area contributed by atoms with Crippen molar-refractivity contribution >= 4 is 5.97 Å². The highest BCUT2D eigenvalue weighted by atomic mass is 16.5. The number of hydrogen-bond donors (Lipinski definition) is 1. The zero-order valence-electron chi connectivity index (χ0n) is 17.4. The smallest absolute Gasteiger partial charge is 0.337 e. The maximum atomic E-state index is 11.8. The predicted octanol–water partition coefficient (Wildman–Crippen LogP) is 2.53. The van der Waals surface area contributed by atoms with Gasteiger partial charge in [0.15, 0.2) is 0 Å². The maximum Gasteiger partial charge on any atom is 0.337 e. The van der Waals surface area contributed by atoms with Crippen molar-refractivity contribution in [1.82, 2.24) is 9.88 Å². The highest BCUT2D eigenvalue weighted by Crippen LogP contribution is 2.38. The highest BCUT2D eigenvalue weighted by Gasteiger charge is 2.42. The van der Waals surface area contributed by atoms with Crippen LogP contribution in [0, 0.1) is 11.8 Å². The third-order valence-corrected chi connectivity index (χ3v) is 6.08. The lowest BCUT2D eigenvalue weighted by Crippen LogP contribution is -2.42. The minimum atomic E-state index is -0.525. The summed E-state index contributed by atoms with van der Waals surface area (Å²) in [4.78, 5) is 18.7. The molecule has 1 saturated heterocycles. The minimum Gasteiger partial charge on any atom is -0.488 e. The van der Waals surface area contributed by atoms with Crippen molar-refractivity contribution in [3.05, 3.63) is 53.7 Å². The zero-order valence-corrected chi connectivity index (χ0v) is 17.4. The number of ether oxygens (including phenoxy) is 3. The molecule has 4 rings (SSSR count). The van der Waals surface area contributed by atoms with E-state index in [0.717, 1.165) is 31.7 Å². The van der Waals surface area contributed by atoms with Crippen molar-refractivity contribution in [3.8, 4) is 11.6 Å². The zero-order chi connectivity index (χ0) is 21.1. The predicted molar refractivity (Wildman–Crippen MR) is 110 cm³/mol. The lowest BCUT2D eigenvalue weighted by Gasteiger charge is -2.35. The first-order valence-electron chi connectivity index (χ1n) is 10.3. The Kier molecular flexibility index (Phi) is 6.20. The molecule has 1 N–H and O–H groups in total. The van der Waals surface area contributed by atoms with Crippen molar-refractivity contribution in [3.63, 3.8) is 0 Å². The van der Waals surface area contributed by atoms with Gasteiger partial charge in [0.1, 0.15) is 11.9 Å². The van der Waals surface area contributed by atoms with Crippen molar-refractivity contribution in [2.75, 3.05) is 27.3 Å². The number of methoxy groups -OCH3 is 2. The quantitative estimate of drug-likeness (QED) is 0.730. The van der Waals surface area contributed by atoms with Gasteiger partial charge in [-0.1, -0.05) is 12.1 Å². The molecule has 4 atom stereocenters. The number of aliphatic hydroxyl groups excluding tert-OH is 1. The molecule has 0 unspecified atom stereocenters. The lowest BCUT2D eigenvalue weighted by molar-refractivity contribution is -0.0231. The van der Waals surface area contributed by atoms with Crippen LogP contribution in [0.5, 0.6) is 11.6 Å². The summed E-state index contributed by atoms with van der Waals surface area (Å²) >= 11 is 0. The van der Waals surface area contributed by atoms with Gasteiger partial charge in [-0.25, -0.2) is 9.78 Å². The maximum absolute atomic E-state index is 11.8. The van der Waals surface area contributed by atoms with Crippen LogP contribution in [0.15, 0.2) is 42.5 Å². The average molecular weight is 412 g/mol. The molecule has 2 aromatic rings. The monoisotopic (exact) mass is 412 g/mol. The molecule has 7 nitrogen and oxygen atoms in total. The van der Waals surface area contributed by atoms with Crippen LogP contribution in [-0.4, -0.2) is 60.5 Å². The standard InChI is InChI=1S/C23H28N2O5/c1-28-22-8-4-6-18(24-22)14-25-12-16-10-20(26)21(11-17(16)13-25)30-19-7-3-5-15(9-19)23(27)29-2/h3-9,16-17,20-21,26H,10-14H2,1-2H3/t16-,17+,20+,21+/m0/s1. The molecule has 0 bridgehead atoms. The summed E-state index contributed by atoms with van der Waals surface area (Å²) in [6.07, 6.45) is 0.696. The topological polar surface area (TPSA) is 81.1 Å². The first kappa shape index (κ1) is 20.6. The first-order valence-corrected chi connectivity index (χ1v) is 10.3. The van der Waals surface area contributed by atoms with Crippen molar-refractivity contribution in [2.24, 2.45) is 11.8 Å². The molecular formula is C23H28N2O5. The minimum absolute atomic E-state index is 0.283. The molecule has 1 aliphatic carbocycles. The van der Waals surface area contributed by atoms with Crippen LogP contribution in [-0.2, 0) is 11.3 Å². The summed E-state index contributed by atoms with van der Waals surface area (Å²) in [7, 11) is 2.98. The summed E-state index contributed by atoms with van der Waals surface area (Å²) in [5.41, 5.74) is 1.43. The summed E-state index contributed by atoms with van der Waals surface area (Å²) in [6.45, 7) is 2.68.